The van der Waals surface area contributed by atoms with Crippen LogP contribution >= 0.6 is 11.6 Å². The summed E-state index contributed by atoms with van der Waals surface area (Å²) in [6.07, 6.45) is 0.843. The molecule has 8 heteroatoms. The van der Waals surface area contributed by atoms with Gasteiger partial charge in [-0.1, -0.05) is 11.6 Å². The molecule has 0 saturated heterocycles. The van der Waals surface area contributed by atoms with Gasteiger partial charge in [0, 0.05) is 5.54 Å². The summed E-state index contributed by atoms with van der Waals surface area (Å²) in [5.41, 5.74) is -0.642. The zero-order valence-electron chi connectivity index (χ0n) is 14.7. The van der Waals surface area contributed by atoms with E-state index in [0.717, 1.165) is 18.9 Å². The molecule has 2 rings (SSSR count). The number of pyridine rings is 1. The van der Waals surface area contributed by atoms with Crippen LogP contribution in [0.3, 0.4) is 0 Å². The van der Waals surface area contributed by atoms with Gasteiger partial charge in [0.25, 0.3) is 0 Å². The van der Waals surface area contributed by atoms with Crippen LogP contribution in [0.4, 0.5) is 15.0 Å². The zero-order valence-corrected chi connectivity index (χ0v) is 15.4. The predicted molar refractivity (Wildman–Crippen MR) is 93.1 cm³/mol. The van der Waals surface area contributed by atoms with Crippen LogP contribution < -0.4 is 5.32 Å². The van der Waals surface area contributed by atoms with E-state index >= 15 is 0 Å². The SMILES string of the molecule is C[C@@H]([C@@H](Nc1nc(Cl)c(C#N)cc1F)C1CC1)N(C(=O)O)C(C)(C)C. The molecule has 0 spiro atoms. The largest absolute Gasteiger partial charge is 0.465 e. The Morgan fingerprint density at radius 1 is 1.56 bits per heavy atom. The van der Waals surface area contributed by atoms with Crippen LogP contribution in [-0.2, 0) is 0 Å². The van der Waals surface area contributed by atoms with Gasteiger partial charge in [0.15, 0.2) is 11.6 Å². The van der Waals surface area contributed by atoms with Crippen molar-refractivity contribution < 1.29 is 14.3 Å². The van der Waals surface area contributed by atoms with E-state index in [0.29, 0.717) is 0 Å². The van der Waals surface area contributed by atoms with Crippen LogP contribution in [0.15, 0.2) is 6.07 Å². The Morgan fingerprint density at radius 3 is 2.60 bits per heavy atom. The molecular weight excluding hydrogens is 347 g/mol. The molecule has 1 heterocycles. The topological polar surface area (TPSA) is 89.3 Å². The summed E-state index contributed by atoms with van der Waals surface area (Å²) < 4.78 is 14.3. The van der Waals surface area contributed by atoms with Crippen LogP contribution in [0.2, 0.25) is 5.15 Å². The maximum absolute atomic E-state index is 14.3. The second-order valence-corrected chi connectivity index (χ2v) is 7.70. The van der Waals surface area contributed by atoms with E-state index in [-0.39, 0.29) is 28.5 Å². The van der Waals surface area contributed by atoms with Gasteiger partial charge in [-0.3, -0.25) is 4.90 Å². The van der Waals surface area contributed by atoms with Crippen molar-refractivity contribution in [2.24, 2.45) is 5.92 Å². The van der Waals surface area contributed by atoms with Crippen LogP contribution in [0, 0.1) is 23.1 Å². The maximum atomic E-state index is 14.3. The normalized spacial score (nSPS) is 16.7. The Labute approximate surface area is 151 Å². The van der Waals surface area contributed by atoms with Gasteiger partial charge in [-0.15, -0.1) is 0 Å². The molecule has 1 saturated carbocycles. The number of nitrogens with one attached hydrogen (secondary N) is 1. The molecule has 1 aliphatic carbocycles. The fourth-order valence-corrected chi connectivity index (χ4v) is 3.31. The minimum Gasteiger partial charge on any atom is -0.465 e. The first kappa shape index (κ1) is 19.3. The smallest absolute Gasteiger partial charge is 0.408 e. The summed E-state index contributed by atoms with van der Waals surface area (Å²) in [6, 6.07) is 2.11. The molecule has 136 valence electrons. The summed E-state index contributed by atoms with van der Waals surface area (Å²) in [5, 5.41) is 21.4. The Hall–Kier alpha value is -2.07. The predicted octanol–water partition coefficient (Wildman–Crippen LogP) is 4.10. The molecule has 1 aromatic heterocycles. The van der Waals surface area contributed by atoms with Crippen molar-refractivity contribution in [2.45, 2.75) is 58.2 Å². The Balaban J connectivity index is 2.32. The molecule has 1 fully saturated rings. The fraction of sp³-hybridized carbons (Fsp3) is 0.588. The number of rotatable bonds is 5. The number of aromatic nitrogens is 1. The Bertz CT molecular complexity index is 710. The highest BCUT2D eigenvalue weighted by Crippen LogP contribution is 2.38. The molecular formula is C17H22ClFN4O2. The minimum atomic E-state index is -1.03. The van der Waals surface area contributed by atoms with Gasteiger partial charge in [0.05, 0.1) is 17.6 Å². The lowest BCUT2D eigenvalue weighted by atomic mass is 9.97. The molecule has 0 unspecified atom stereocenters. The van der Waals surface area contributed by atoms with Crippen molar-refractivity contribution in [3.8, 4) is 6.07 Å². The zero-order chi connectivity index (χ0) is 18.9. The lowest BCUT2D eigenvalue weighted by molar-refractivity contribution is 0.0671. The Kier molecular flexibility index (Phi) is 5.43. The molecule has 1 aromatic rings. The highest BCUT2D eigenvalue weighted by molar-refractivity contribution is 6.30. The lowest BCUT2D eigenvalue weighted by Gasteiger charge is -2.42. The van der Waals surface area contributed by atoms with Crippen molar-refractivity contribution in [3.63, 3.8) is 0 Å². The van der Waals surface area contributed by atoms with E-state index < -0.39 is 23.5 Å². The highest BCUT2D eigenvalue weighted by atomic mass is 35.5. The summed E-state index contributed by atoms with van der Waals surface area (Å²) in [7, 11) is 0. The average molecular weight is 369 g/mol. The third-order valence-electron chi connectivity index (χ3n) is 4.34. The van der Waals surface area contributed by atoms with Crippen molar-refractivity contribution in [1.29, 1.82) is 5.26 Å². The van der Waals surface area contributed by atoms with E-state index in [2.05, 4.69) is 10.3 Å². The molecule has 1 amide bonds. The average Bonchev–Trinajstić information content (AvgIpc) is 3.30. The number of halogens is 2. The number of nitriles is 1. The number of carbonyl (C=O) groups is 1. The van der Waals surface area contributed by atoms with Gasteiger partial charge >= 0.3 is 6.09 Å². The van der Waals surface area contributed by atoms with Gasteiger partial charge in [-0.05, 0) is 52.5 Å². The number of anilines is 1. The second-order valence-electron chi connectivity index (χ2n) is 7.34. The third-order valence-corrected chi connectivity index (χ3v) is 4.63. The van der Waals surface area contributed by atoms with Crippen molar-refractivity contribution in [2.75, 3.05) is 5.32 Å². The van der Waals surface area contributed by atoms with Crippen LogP contribution in [-0.4, -0.2) is 38.7 Å². The molecule has 1 aliphatic rings. The molecule has 0 radical (unpaired) electrons. The number of nitrogens with zero attached hydrogens (tertiary/aromatic N) is 3. The van der Waals surface area contributed by atoms with E-state index in [1.807, 2.05) is 20.8 Å². The van der Waals surface area contributed by atoms with Crippen molar-refractivity contribution >= 4 is 23.5 Å². The monoisotopic (exact) mass is 368 g/mol. The van der Waals surface area contributed by atoms with E-state index in [9.17, 15) is 14.3 Å². The summed E-state index contributed by atoms with van der Waals surface area (Å²) in [6.45, 7) is 7.26. The molecule has 0 aromatic carbocycles. The molecule has 6 nitrogen and oxygen atoms in total. The highest BCUT2D eigenvalue weighted by Gasteiger charge is 2.42. The maximum Gasteiger partial charge on any atom is 0.408 e. The lowest BCUT2D eigenvalue weighted by Crippen LogP contribution is -2.56. The standard InChI is InChI=1S/C17H22ClFN4O2/c1-9(23(16(24)25)17(2,3)4)13(10-5-6-10)21-15-12(19)7-11(8-20)14(18)22-15/h7,9-10,13H,5-6H2,1-4H3,(H,21,22)(H,24,25)/t9-,13+/m0/s1. The molecule has 2 N–H and O–H groups in total. The summed E-state index contributed by atoms with van der Waals surface area (Å²) in [5.74, 6) is -0.516. The van der Waals surface area contributed by atoms with Gasteiger partial charge in [-0.2, -0.15) is 5.26 Å². The molecule has 0 aliphatic heterocycles. The van der Waals surface area contributed by atoms with Crippen LogP contribution in [0.1, 0.15) is 46.1 Å². The second kappa shape index (κ2) is 7.04. The fourth-order valence-electron chi connectivity index (χ4n) is 3.12. The quantitative estimate of drug-likeness (QED) is 0.763. The first-order valence-electron chi connectivity index (χ1n) is 8.11. The first-order chi connectivity index (χ1) is 11.6. The summed E-state index contributed by atoms with van der Waals surface area (Å²) >= 11 is 5.90. The van der Waals surface area contributed by atoms with Gasteiger partial charge in [-0.25, -0.2) is 14.2 Å². The van der Waals surface area contributed by atoms with Crippen LogP contribution in [0.25, 0.3) is 0 Å². The van der Waals surface area contributed by atoms with Gasteiger partial charge < -0.3 is 10.4 Å². The van der Waals surface area contributed by atoms with E-state index in [1.165, 1.54) is 4.90 Å². The van der Waals surface area contributed by atoms with Crippen LogP contribution in [0.5, 0.6) is 0 Å². The van der Waals surface area contributed by atoms with Gasteiger partial charge in [0.2, 0.25) is 0 Å². The van der Waals surface area contributed by atoms with Gasteiger partial charge in [0.1, 0.15) is 11.2 Å². The molecule has 0 bridgehead atoms. The third kappa shape index (κ3) is 4.31. The minimum absolute atomic E-state index is 0.0393. The van der Waals surface area contributed by atoms with Crippen molar-refractivity contribution in [3.05, 3.63) is 22.6 Å². The number of amides is 1. The summed E-state index contributed by atoms with van der Waals surface area (Å²) in [4.78, 5) is 17.0. The van der Waals surface area contributed by atoms with Crippen molar-refractivity contribution in [1.82, 2.24) is 9.88 Å². The Morgan fingerprint density at radius 2 is 2.16 bits per heavy atom. The number of hydrogen-bond donors (Lipinski definition) is 2. The van der Waals surface area contributed by atoms with E-state index in [1.54, 1.807) is 13.0 Å². The number of carboxylic acid groups (broad SMARTS) is 1. The number of hydrogen-bond acceptors (Lipinski definition) is 4. The molecule has 25 heavy (non-hydrogen) atoms. The first-order valence-corrected chi connectivity index (χ1v) is 8.49. The van der Waals surface area contributed by atoms with E-state index in [4.69, 9.17) is 16.9 Å². The molecule has 2 atom stereocenters.